The molecule has 0 aliphatic carbocycles. The molecule has 0 aromatic heterocycles. The maximum atomic E-state index is 12.1. The van der Waals surface area contributed by atoms with Crippen LogP contribution < -0.4 is 15.8 Å². The number of hydrogen-bond acceptors (Lipinski definition) is 3. The molecule has 2 aromatic carbocycles. The monoisotopic (exact) mass is 256 g/mol. The zero-order chi connectivity index (χ0) is 13.8. The molecule has 3 N–H and O–H groups in total. The van der Waals surface area contributed by atoms with E-state index in [0.29, 0.717) is 22.7 Å². The van der Waals surface area contributed by atoms with E-state index < -0.39 is 0 Å². The molecule has 0 aliphatic heterocycles. The highest BCUT2D eigenvalue weighted by molar-refractivity contribution is 6.06. The van der Waals surface area contributed by atoms with Gasteiger partial charge in [-0.05, 0) is 42.8 Å². The second-order valence-electron chi connectivity index (χ2n) is 4.22. The number of aryl methyl sites for hydroxylation is 1. The van der Waals surface area contributed by atoms with E-state index >= 15 is 0 Å². The van der Waals surface area contributed by atoms with Gasteiger partial charge in [0, 0.05) is 5.56 Å². The van der Waals surface area contributed by atoms with Crippen molar-refractivity contribution in [3.63, 3.8) is 0 Å². The first-order valence-electron chi connectivity index (χ1n) is 5.92. The van der Waals surface area contributed by atoms with Gasteiger partial charge in [-0.1, -0.05) is 12.1 Å². The Bertz CT molecular complexity index is 571. The van der Waals surface area contributed by atoms with Crippen molar-refractivity contribution < 1.29 is 9.53 Å². The zero-order valence-corrected chi connectivity index (χ0v) is 10.9. The molecule has 2 rings (SSSR count). The van der Waals surface area contributed by atoms with Crippen LogP contribution in [-0.2, 0) is 0 Å². The first kappa shape index (κ1) is 13.0. The van der Waals surface area contributed by atoms with Crippen LogP contribution in [0.25, 0.3) is 0 Å². The maximum Gasteiger partial charge on any atom is 0.255 e. The van der Waals surface area contributed by atoms with Gasteiger partial charge in [-0.2, -0.15) is 0 Å². The number of ether oxygens (including phenoxy) is 1. The number of carbonyl (C=O) groups excluding carboxylic acids is 1. The molecule has 98 valence electrons. The third-order valence-electron chi connectivity index (χ3n) is 2.90. The second kappa shape index (κ2) is 5.44. The molecule has 19 heavy (non-hydrogen) atoms. The predicted molar refractivity (Wildman–Crippen MR) is 76.5 cm³/mol. The van der Waals surface area contributed by atoms with Crippen LogP contribution in [0.2, 0.25) is 0 Å². The summed E-state index contributed by atoms with van der Waals surface area (Å²) in [6, 6.07) is 12.4. The van der Waals surface area contributed by atoms with Crippen molar-refractivity contribution in [3.05, 3.63) is 53.6 Å². The van der Waals surface area contributed by atoms with Crippen LogP contribution in [0.1, 0.15) is 15.9 Å². The van der Waals surface area contributed by atoms with E-state index in [2.05, 4.69) is 5.32 Å². The fourth-order valence-corrected chi connectivity index (χ4v) is 1.79. The summed E-state index contributed by atoms with van der Waals surface area (Å²) in [6.07, 6.45) is 0. The van der Waals surface area contributed by atoms with Crippen LogP contribution in [0.15, 0.2) is 42.5 Å². The molecule has 0 spiro atoms. The molecule has 2 aromatic rings. The number of hydrogen-bond donors (Lipinski definition) is 2. The quantitative estimate of drug-likeness (QED) is 0.830. The van der Waals surface area contributed by atoms with Crippen LogP contribution in [0.3, 0.4) is 0 Å². The van der Waals surface area contributed by atoms with Crippen LogP contribution in [0, 0.1) is 6.92 Å². The first-order valence-corrected chi connectivity index (χ1v) is 5.92. The summed E-state index contributed by atoms with van der Waals surface area (Å²) in [5.41, 5.74) is 8.56. The van der Waals surface area contributed by atoms with Crippen molar-refractivity contribution in [3.8, 4) is 5.75 Å². The fraction of sp³-hybridized carbons (Fsp3) is 0.133. The van der Waals surface area contributed by atoms with Gasteiger partial charge in [0.25, 0.3) is 5.91 Å². The summed E-state index contributed by atoms with van der Waals surface area (Å²) in [6.45, 7) is 1.90. The number of rotatable bonds is 3. The Labute approximate surface area is 112 Å². The molecule has 0 radical (unpaired) electrons. The number of amides is 1. The number of nitrogens with two attached hydrogens (primary N) is 1. The van der Waals surface area contributed by atoms with E-state index in [0.717, 1.165) is 5.56 Å². The molecule has 0 atom stereocenters. The largest absolute Gasteiger partial charge is 0.497 e. The first-order chi connectivity index (χ1) is 9.11. The third kappa shape index (κ3) is 2.85. The highest BCUT2D eigenvalue weighted by Crippen LogP contribution is 2.23. The number of benzene rings is 2. The van der Waals surface area contributed by atoms with Gasteiger partial charge in [-0.3, -0.25) is 4.79 Å². The van der Waals surface area contributed by atoms with Crippen molar-refractivity contribution in [1.82, 2.24) is 0 Å². The molecule has 0 aliphatic rings. The number of carbonyl (C=O) groups is 1. The lowest BCUT2D eigenvalue weighted by Crippen LogP contribution is -2.14. The van der Waals surface area contributed by atoms with Gasteiger partial charge < -0.3 is 15.8 Å². The molecule has 0 saturated heterocycles. The number of anilines is 2. The molecule has 0 unspecified atom stereocenters. The third-order valence-corrected chi connectivity index (χ3v) is 2.90. The van der Waals surface area contributed by atoms with Crippen LogP contribution >= 0.6 is 0 Å². The SMILES string of the molecule is COc1ccc(C(=O)Nc2c(C)cccc2N)cc1. The molecule has 4 heteroatoms. The Morgan fingerprint density at radius 2 is 1.84 bits per heavy atom. The number of nitrogens with one attached hydrogen (secondary N) is 1. The Morgan fingerprint density at radius 3 is 2.42 bits per heavy atom. The minimum atomic E-state index is -0.191. The average molecular weight is 256 g/mol. The fourth-order valence-electron chi connectivity index (χ4n) is 1.79. The van der Waals surface area contributed by atoms with Gasteiger partial charge >= 0.3 is 0 Å². The number of para-hydroxylation sites is 1. The van der Waals surface area contributed by atoms with Gasteiger partial charge in [-0.15, -0.1) is 0 Å². The van der Waals surface area contributed by atoms with Crippen LogP contribution in [0.4, 0.5) is 11.4 Å². The van der Waals surface area contributed by atoms with Gasteiger partial charge in [0.15, 0.2) is 0 Å². The summed E-state index contributed by atoms with van der Waals surface area (Å²) in [7, 11) is 1.59. The van der Waals surface area contributed by atoms with Crippen molar-refractivity contribution in [2.75, 3.05) is 18.2 Å². The lowest BCUT2D eigenvalue weighted by Gasteiger charge is -2.11. The minimum absolute atomic E-state index is 0.191. The molecule has 4 nitrogen and oxygen atoms in total. The van der Waals surface area contributed by atoms with E-state index in [9.17, 15) is 4.79 Å². The van der Waals surface area contributed by atoms with E-state index in [1.165, 1.54) is 0 Å². The van der Waals surface area contributed by atoms with Crippen molar-refractivity contribution >= 4 is 17.3 Å². The van der Waals surface area contributed by atoms with E-state index in [1.807, 2.05) is 19.1 Å². The summed E-state index contributed by atoms with van der Waals surface area (Å²) >= 11 is 0. The Morgan fingerprint density at radius 1 is 1.16 bits per heavy atom. The van der Waals surface area contributed by atoms with Gasteiger partial charge in [0.1, 0.15) is 5.75 Å². The Hall–Kier alpha value is -2.49. The van der Waals surface area contributed by atoms with Crippen LogP contribution in [0.5, 0.6) is 5.75 Å². The highest BCUT2D eigenvalue weighted by atomic mass is 16.5. The lowest BCUT2D eigenvalue weighted by atomic mass is 10.1. The molecule has 0 heterocycles. The normalized spacial score (nSPS) is 10.0. The van der Waals surface area contributed by atoms with Crippen molar-refractivity contribution in [1.29, 1.82) is 0 Å². The Kier molecular flexibility index (Phi) is 3.71. The number of nitrogen functional groups attached to an aromatic ring is 1. The van der Waals surface area contributed by atoms with Gasteiger partial charge in [0.2, 0.25) is 0 Å². The molecular formula is C15H16N2O2. The summed E-state index contributed by atoms with van der Waals surface area (Å²) < 4.78 is 5.05. The molecule has 1 amide bonds. The number of methoxy groups -OCH3 is 1. The second-order valence-corrected chi connectivity index (χ2v) is 4.22. The Balaban J connectivity index is 2.20. The van der Waals surface area contributed by atoms with Crippen LogP contribution in [-0.4, -0.2) is 13.0 Å². The van der Waals surface area contributed by atoms with Crippen molar-refractivity contribution in [2.45, 2.75) is 6.92 Å². The lowest BCUT2D eigenvalue weighted by molar-refractivity contribution is 0.102. The maximum absolute atomic E-state index is 12.1. The standard InChI is InChI=1S/C15H16N2O2/c1-10-4-3-5-13(16)14(10)17-15(18)11-6-8-12(19-2)9-7-11/h3-9H,16H2,1-2H3,(H,17,18). The molecule has 0 fully saturated rings. The van der Waals surface area contributed by atoms with E-state index in [-0.39, 0.29) is 5.91 Å². The highest BCUT2D eigenvalue weighted by Gasteiger charge is 2.09. The summed E-state index contributed by atoms with van der Waals surface area (Å²) in [5.74, 6) is 0.524. The minimum Gasteiger partial charge on any atom is -0.497 e. The zero-order valence-electron chi connectivity index (χ0n) is 10.9. The topological polar surface area (TPSA) is 64.3 Å². The van der Waals surface area contributed by atoms with Gasteiger partial charge in [0.05, 0.1) is 18.5 Å². The predicted octanol–water partition coefficient (Wildman–Crippen LogP) is 2.84. The molecular weight excluding hydrogens is 240 g/mol. The molecule has 0 bridgehead atoms. The average Bonchev–Trinajstić information content (AvgIpc) is 2.43. The van der Waals surface area contributed by atoms with Gasteiger partial charge in [-0.25, -0.2) is 0 Å². The van der Waals surface area contributed by atoms with Crippen molar-refractivity contribution in [2.24, 2.45) is 0 Å². The smallest absolute Gasteiger partial charge is 0.255 e. The summed E-state index contributed by atoms with van der Waals surface area (Å²) in [5, 5.41) is 2.83. The van der Waals surface area contributed by atoms with E-state index in [1.54, 1.807) is 37.4 Å². The summed E-state index contributed by atoms with van der Waals surface area (Å²) in [4.78, 5) is 12.1. The van der Waals surface area contributed by atoms with E-state index in [4.69, 9.17) is 10.5 Å². The molecule has 0 saturated carbocycles.